The first-order valence-corrected chi connectivity index (χ1v) is 5.12. The average Bonchev–Trinajstić information content (AvgIpc) is 2.24. The lowest BCUT2D eigenvalue weighted by Crippen LogP contribution is -2.26. The number of allylic oxidation sites excluding steroid dienone is 1. The van der Waals surface area contributed by atoms with Crippen LogP contribution in [0.2, 0.25) is 0 Å². The number of hydrogen-bond donors (Lipinski definition) is 0. The van der Waals surface area contributed by atoms with Gasteiger partial charge in [-0.05, 0) is 31.4 Å². The molecular weight excluding hydrogens is 172 g/mol. The molecule has 0 N–H and O–H groups in total. The fourth-order valence-electron chi connectivity index (χ4n) is 1.91. The zero-order valence-corrected chi connectivity index (χ0v) is 9.00. The molecule has 1 unspecified atom stereocenters. The summed E-state index contributed by atoms with van der Waals surface area (Å²) in [7, 11) is 0. The molecule has 0 radical (unpaired) electrons. The van der Waals surface area contributed by atoms with E-state index in [-0.39, 0.29) is 5.60 Å². The Morgan fingerprint density at radius 1 is 1.29 bits per heavy atom. The standard InChI is InChI=1S/C13H16O/c1-4-13(3)12-8-6-5-7-11(12)10(2)9-14-13/h5-9H,4H2,1-3H3. The van der Waals surface area contributed by atoms with Gasteiger partial charge >= 0.3 is 0 Å². The number of fused-ring (bicyclic) bond motifs is 1. The smallest absolute Gasteiger partial charge is 0.131 e. The van der Waals surface area contributed by atoms with Crippen LogP contribution in [0.1, 0.15) is 38.3 Å². The van der Waals surface area contributed by atoms with Crippen molar-refractivity contribution in [1.29, 1.82) is 0 Å². The van der Waals surface area contributed by atoms with Gasteiger partial charge in [0.1, 0.15) is 5.60 Å². The van der Waals surface area contributed by atoms with Crippen LogP contribution in [0, 0.1) is 0 Å². The van der Waals surface area contributed by atoms with Crippen molar-refractivity contribution < 1.29 is 4.74 Å². The third-order valence-electron chi connectivity index (χ3n) is 3.09. The lowest BCUT2D eigenvalue weighted by molar-refractivity contribution is 0.0291. The van der Waals surface area contributed by atoms with E-state index in [0.717, 1.165) is 6.42 Å². The van der Waals surface area contributed by atoms with E-state index >= 15 is 0 Å². The molecule has 1 aliphatic heterocycles. The molecule has 1 aromatic carbocycles. The molecular formula is C13H16O. The highest BCUT2D eigenvalue weighted by Crippen LogP contribution is 2.38. The summed E-state index contributed by atoms with van der Waals surface area (Å²) in [5, 5.41) is 0. The van der Waals surface area contributed by atoms with Gasteiger partial charge in [0.2, 0.25) is 0 Å². The van der Waals surface area contributed by atoms with Gasteiger partial charge in [0.25, 0.3) is 0 Å². The zero-order chi connectivity index (χ0) is 10.2. The summed E-state index contributed by atoms with van der Waals surface area (Å²) in [5.74, 6) is 0. The molecule has 0 fully saturated rings. The van der Waals surface area contributed by atoms with Crippen LogP contribution < -0.4 is 0 Å². The maximum absolute atomic E-state index is 5.79. The Bertz CT molecular complexity index is 379. The van der Waals surface area contributed by atoms with E-state index in [9.17, 15) is 0 Å². The Morgan fingerprint density at radius 3 is 2.71 bits per heavy atom. The molecule has 1 heteroatoms. The highest BCUT2D eigenvalue weighted by Gasteiger charge is 2.31. The molecule has 0 bridgehead atoms. The minimum Gasteiger partial charge on any atom is -0.490 e. The van der Waals surface area contributed by atoms with Gasteiger partial charge in [0.15, 0.2) is 0 Å². The van der Waals surface area contributed by atoms with Crippen LogP contribution in [0.5, 0.6) is 0 Å². The number of rotatable bonds is 1. The molecule has 0 aromatic heterocycles. The lowest BCUT2D eigenvalue weighted by atomic mass is 9.85. The van der Waals surface area contributed by atoms with Crippen LogP contribution in [0.25, 0.3) is 5.57 Å². The van der Waals surface area contributed by atoms with E-state index in [2.05, 4.69) is 45.0 Å². The topological polar surface area (TPSA) is 9.23 Å². The minimum atomic E-state index is -0.143. The fraction of sp³-hybridized carbons (Fsp3) is 0.385. The van der Waals surface area contributed by atoms with E-state index in [0.29, 0.717) is 0 Å². The predicted molar refractivity (Wildman–Crippen MR) is 58.8 cm³/mol. The third-order valence-corrected chi connectivity index (χ3v) is 3.09. The number of benzene rings is 1. The van der Waals surface area contributed by atoms with Gasteiger partial charge in [-0.2, -0.15) is 0 Å². The van der Waals surface area contributed by atoms with Gasteiger partial charge in [-0.3, -0.25) is 0 Å². The van der Waals surface area contributed by atoms with Crippen LogP contribution in [0.3, 0.4) is 0 Å². The van der Waals surface area contributed by atoms with Crippen molar-refractivity contribution in [1.82, 2.24) is 0 Å². The molecule has 0 saturated carbocycles. The zero-order valence-electron chi connectivity index (χ0n) is 9.00. The Morgan fingerprint density at radius 2 is 2.00 bits per heavy atom. The first-order chi connectivity index (χ1) is 6.67. The second kappa shape index (κ2) is 3.16. The van der Waals surface area contributed by atoms with Crippen LogP contribution in [0.4, 0.5) is 0 Å². The van der Waals surface area contributed by atoms with E-state index in [1.54, 1.807) is 0 Å². The molecule has 2 rings (SSSR count). The summed E-state index contributed by atoms with van der Waals surface area (Å²) in [6.45, 7) is 6.40. The fourth-order valence-corrected chi connectivity index (χ4v) is 1.91. The van der Waals surface area contributed by atoms with Crippen molar-refractivity contribution in [3.63, 3.8) is 0 Å². The average molecular weight is 188 g/mol. The van der Waals surface area contributed by atoms with Crippen LogP contribution in [-0.2, 0) is 10.3 Å². The summed E-state index contributed by atoms with van der Waals surface area (Å²) in [5.41, 5.74) is 3.70. The third kappa shape index (κ3) is 1.24. The molecule has 14 heavy (non-hydrogen) atoms. The van der Waals surface area contributed by atoms with E-state index in [1.807, 2.05) is 6.26 Å². The van der Waals surface area contributed by atoms with Crippen molar-refractivity contribution >= 4 is 5.57 Å². The van der Waals surface area contributed by atoms with Gasteiger partial charge in [-0.15, -0.1) is 0 Å². The molecule has 1 heterocycles. The first-order valence-electron chi connectivity index (χ1n) is 5.12. The lowest BCUT2D eigenvalue weighted by Gasteiger charge is -2.34. The maximum atomic E-state index is 5.79. The van der Waals surface area contributed by atoms with Crippen LogP contribution in [-0.4, -0.2) is 0 Å². The highest BCUT2D eigenvalue weighted by atomic mass is 16.5. The monoisotopic (exact) mass is 188 g/mol. The second-order valence-corrected chi connectivity index (χ2v) is 4.05. The van der Waals surface area contributed by atoms with E-state index in [4.69, 9.17) is 4.74 Å². The molecule has 0 amide bonds. The summed E-state index contributed by atoms with van der Waals surface area (Å²) in [6.07, 6.45) is 2.87. The number of hydrogen-bond acceptors (Lipinski definition) is 1. The summed E-state index contributed by atoms with van der Waals surface area (Å²) in [4.78, 5) is 0. The molecule has 1 aromatic rings. The predicted octanol–water partition coefficient (Wildman–Crippen LogP) is 3.70. The van der Waals surface area contributed by atoms with Gasteiger partial charge in [-0.25, -0.2) is 0 Å². The Labute approximate surface area is 85.4 Å². The largest absolute Gasteiger partial charge is 0.490 e. The highest BCUT2D eigenvalue weighted by molar-refractivity contribution is 5.68. The minimum absolute atomic E-state index is 0.143. The van der Waals surface area contributed by atoms with Gasteiger partial charge < -0.3 is 4.74 Å². The summed E-state index contributed by atoms with van der Waals surface area (Å²) >= 11 is 0. The Hall–Kier alpha value is -1.24. The SMILES string of the molecule is CCC1(C)OC=C(C)c2ccccc21. The Balaban J connectivity index is 2.60. The number of ether oxygens (including phenoxy) is 1. The second-order valence-electron chi connectivity index (χ2n) is 4.05. The molecule has 1 nitrogen and oxygen atoms in total. The van der Waals surface area contributed by atoms with Crippen molar-refractivity contribution in [3.05, 3.63) is 41.7 Å². The van der Waals surface area contributed by atoms with E-state index in [1.165, 1.54) is 16.7 Å². The quantitative estimate of drug-likeness (QED) is 0.653. The first kappa shape index (κ1) is 9.32. The maximum Gasteiger partial charge on any atom is 0.131 e. The van der Waals surface area contributed by atoms with Crippen molar-refractivity contribution in [2.45, 2.75) is 32.8 Å². The molecule has 0 spiro atoms. The van der Waals surface area contributed by atoms with Crippen LogP contribution in [0.15, 0.2) is 30.5 Å². The van der Waals surface area contributed by atoms with Gasteiger partial charge in [0, 0.05) is 5.56 Å². The summed E-state index contributed by atoms with van der Waals surface area (Å²) < 4.78 is 5.79. The Kier molecular flexibility index (Phi) is 2.10. The molecule has 1 aliphatic rings. The normalized spacial score (nSPS) is 24.9. The van der Waals surface area contributed by atoms with E-state index < -0.39 is 0 Å². The van der Waals surface area contributed by atoms with Gasteiger partial charge in [0.05, 0.1) is 6.26 Å². The van der Waals surface area contributed by atoms with Gasteiger partial charge in [-0.1, -0.05) is 31.2 Å². The summed E-state index contributed by atoms with van der Waals surface area (Å²) in [6, 6.07) is 8.49. The van der Waals surface area contributed by atoms with Crippen molar-refractivity contribution in [2.24, 2.45) is 0 Å². The molecule has 1 atom stereocenters. The van der Waals surface area contributed by atoms with Crippen LogP contribution >= 0.6 is 0 Å². The molecule has 0 saturated heterocycles. The molecule has 74 valence electrons. The molecule has 0 aliphatic carbocycles. The van der Waals surface area contributed by atoms with Crippen molar-refractivity contribution in [2.75, 3.05) is 0 Å². The van der Waals surface area contributed by atoms with Crippen molar-refractivity contribution in [3.8, 4) is 0 Å².